The molecule has 0 aliphatic rings. The SMILES string of the molecule is Cc1cc(Sc2cccc(Br)c2C(=N)N)n(C)n1. The van der Waals surface area contributed by atoms with Gasteiger partial charge in [-0.05, 0) is 41.1 Å². The van der Waals surface area contributed by atoms with Crippen LogP contribution in [-0.2, 0) is 7.05 Å². The van der Waals surface area contributed by atoms with E-state index >= 15 is 0 Å². The first-order valence-electron chi connectivity index (χ1n) is 5.30. The summed E-state index contributed by atoms with van der Waals surface area (Å²) >= 11 is 4.98. The van der Waals surface area contributed by atoms with E-state index in [1.54, 1.807) is 11.8 Å². The number of aromatic nitrogens is 2. The number of nitrogen functional groups attached to an aromatic ring is 1. The van der Waals surface area contributed by atoms with E-state index in [9.17, 15) is 0 Å². The topological polar surface area (TPSA) is 67.7 Å². The average molecular weight is 325 g/mol. The monoisotopic (exact) mass is 324 g/mol. The van der Waals surface area contributed by atoms with Crippen LogP contribution in [-0.4, -0.2) is 15.6 Å². The number of halogens is 1. The summed E-state index contributed by atoms with van der Waals surface area (Å²) in [6, 6.07) is 7.78. The fraction of sp³-hybridized carbons (Fsp3) is 0.167. The lowest BCUT2D eigenvalue weighted by atomic mass is 10.2. The molecule has 0 saturated heterocycles. The molecule has 6 heteroatoms. The van der Waals surface area contributed by atoms with E-state index in [2.05, 4.69) is 21.0 Å². The molecule has 18 heavy (non-hydrogen) atoms. The Bertz CT molecular complexity index is 606. The van der Waals surface area contributed by atoms with E-state index in [-0.39, 0.29) is 5.84 Å². The van der Waals surface area contributed by atoms with Crippen LogP contribution in [0.25, 0.3) is 0 Å². The van der Waals surface area contributed by atoms with Gasteiger partial charge >= 0.3 is 0 Å². The Kier molecular flexibility index (Phi) is 3.77. The number of nitrogens with two attached hydrogens (primary N) is 1. The van der Waals surface area contributed by atoms with Gasteiger partial charge in [-0.2, -0.15) is 5.10 Å². The first-order valence-corrected chi connectivity index (χ1v) is 6.91. The van der Waals surface area contributed by atoms with E-state index < -0.39 is 0 Å². The molecule has 1 aromatic carbocycles. The first kappa shape index (κ1) is 13.2. The number of benzene rings is 1. The van der Waals surface area contributed by atoms with E-state index in [1.807, 2.05) is 42.9 Å². The molecule has 0 spiro atoms. The Morgan fingerprint density at radius 1 is 1.50 bits per heavy atom. The van der Waals surface area contributed by atoms with Crippen LogP contribution in [0.15, 0.2) is 38.7 Å². The summed E-state index contributed by atoms with van der Waals surface area (Å²) in [6.07, 6.45) is 0. The minimum absolute atomic E-state index is 0.0591. The molecule has 0 bridgehead atoms. The van der Waals surface area contributed by atoms with Crippen molar-refractivity contribution >= 4 is 33.5 Å². The Labute approximate surface area is 118 Å². The van der Waals surface area contributed by atoms with Gasteiger partial charge in [-0.1, -0.05) is 17.8 Å². The van der Waals surface area contributed by atoms with Crippen molar-refractivity contribution in [3.05, 3.63) is 40.0 Å². The molecule has 2 rings (SSSR count). The van der Waals surface area contributed by atoms with Crippen LogP contribution in [0.2, 0.25) is 0 Å². The van der Waals surface area contributed by atoms with Gasteiger partial charge in [0.05, 0.1) is 10.7 Å². The summed E-state index contributed by atoms with van der Waals surface area (Å²) in [4.78, 5) is 0.944. The lowest BCUT2D eigenvalue weighted by Crippen LogP contribution is -2.13. The molecule has 0 fully saturated rings. The van der Waals surface area contributed by atoms with Crippen LogP contribution >= 0.6 is 27.7 Å². The van der Waals surface area contributed by atoms with Crippen molar-refractivity contribution in [1.29, 1.82) is 5.41 Å². The maximum Gasteiger partial charge on any atom is 0.125 e. The number of nitrogens with one attached hydrogen (secondary N) is 1. The molecule has 1 aromatic heterocycles. The van der Waals surface area contributed by atoms with Gasteiger partial charge in [-0.3, -0.25) is 10.1 Å². The van der Waals surface area contributed by atoms with Crippen molar-refractivity contribution in [3.63, 3.8) is 0 Å². The number of rotatable bonds is 3. The fourth-order valence-corrected chi connectivity index (χ4v) is 3.45. The van der Waals surface area contributed by atoms with E-state index in [1.165, 1.54) is 0 Å². The van der Waals surface area contributed by atoms with Crippen LogP contribution < -0.4 is 5.73 Å². The average Bonchev–Trinajstić information content (AvgIpc) is 2.57. The minimum Gasteiger partial charge on any atom is -0.384 e. The molecule has 94 valence electrons. The molecule has 0 amide bonds. The molecule has 0 aliphatic carbocycles. The highest BCUT2D eigenvalue weighted by molar-refractivity contribution is 9.10. The maximum absolute atomic E-state index is 7.65. The summed E-state index contributed by atoms with van der Waals surface area (Å²) in [7, 11) is 1.90. The second kappa shape index (κ2) is 5.16. The standard InChI is InChI=1S/C12H13BrN4S/c1-7-6-10(17(2)16-7)18-9-5-3-4-8(13)11(9)12(14)15/h3-6H,1-2H3,(H3,14,15). The van der Waals surface area contributed by atoms with Crippen molar-refractivity contribution < 1.29 is 0 Å². The van der Waals surface area contributed by atoms with Gasteiger partial charge in [0.2, 0.25) is 0 Å². The number of nitrogens with zero attached hydrogens (tertiary/aromatic N) is 2. The number of aryl methyl sites for hydroxylation is 2. The molecule has 0 saturated carbocycles. The van der Waals surface area contributed by atoms with E-state index in [4.69, 9.17) is 11.1 Å². The van der Waals surface area contributed by atoms with Gasteiger partial charge in [-0.15, -0.1) is 0 Å². The zero-order valence-electron chi connectivity index (χ0n) is 10.1. The van der Waals surface area contributed by atoms with Crippen molar-refractivity contribution in [2.75, 3.05) is 0 Å². The third-order valence-electron chi connectivity index (χ3n) is 2.42. The van der Waals surface area contributed by atoms with E-state index in [0.29, 0.717) is 0 Å². The van der Waals surface area contributed by atoms with Crippen LogP contribution in [0.5, 0.6) is 0 Å². The number of amidine groups is 1. The van der Waals surface area contributed by atoms with Gasteiger partial charge < -0.3 is 5.73 Å². The van der Waals surface area contributed by atoms with Crippen molar-refractivity contribution in [1.82, 2.24) is 9.78 Å². The van der Waals surface area contributed by atoms with Gasteiger partial charge in [0.25, 0.3) is 0 Å². The van der Waals surface area contributed by atoms with Crippen molar-refractivity contribution in [3.8, 4) is 0 Å². The van der Waals surface area contributed by atoms with Crippen molar-refractivity contribution in [2.24, 2.45) is 12.8 Å². The molecule has 0 radical (unpaired) electrons. The zero-order valence-corrected chi connectivity index (χ0v) is 12.5. The van der Waals surface area contributed by atoms with Gasteiger partial charge in [0.1, 0.15) is 5.84 Å². The molecule has 1 heterocycles. The highest BCUT2D eigenvalue weighted by Gasteiger charge is 2.12. The smallest absolute Gasteiger partial charge is 0.125 e. The molecule has 0 atom stereocenters. The molecule has 2 aromatic rings. The number of hydrogen-bond donors (Lipinski definition) is 2. The summed E-state index contributed by atoms with van der Waals surface area (Å²) in [5.74, 6) is 0.0591. The molecule has 0 unspecified atom stereocenters. The Hall–Kier alpha value is -1.27. The predicted molar refractivity (Wildman–Crippen MR) is 77.2 cm³/mol. The summed E-state index contributed by atoms with van der Waals surface area (Å²) < 4.78 is 2.66. The third kappa shape index (κ3) is 2.59. The highest BCUT2D eigenvalue weighted by atomic mass is 79.9. The minimum atomic E-state index is 0.0591. The second-order valence-electron chi connectivity index (χ2n) is 3.88. The molecular formula is C12H13BrN4S. The summed E-state index contributed by atoms with van der Waals surface area (Å²) in [5, 5.41) is 13.0. The Morgan fingerprint density at radius 3 is 2.78 bits per heavy atom. The third-order valence-corrected chi connectivity index (χ3v) is 4.23. The lowest BCUT2D eigenvalue weighted by Gasteiger charge is -2.09. The molecule has 4 nitrogen and oxygen atoms in total. The molecule has 3 N–H and O–H groups in total. The predicted octanol–water partition coefficient (Wildman–Crippen LogP) is 2.93. The summed E-state index contributed by atoms with van der Waals surface area (Å²) in [6.45, 7) is 1.96. The Balaban J connectivity index is 2.43. The van der Waals surface area contributed by atoms with Crippen molar-refractivity contribution in [2.45, 2.75) is 16.8 Å². The summed E-state index contributed by atoms with van der Waals surface area (Å²) in [5.41, 5.74) is 7.32. The van der Waals surface area contributed by atoms with Crippen LogP contribution in [0.4, 0.5) is 0 Å². The van der Waals surface area contributed by atoms with Gasteiger partial charge in [0, 0.05) is 22.0 Å². The quantitative estimate of drug-likeness (QED) is 0.673. The highest BCUT2D eigenvalue weighted by Crippen LogP contribution is 2.33. The van der Waals surface area contributed by atoms with Gasteiger partial charge in [0.15, 0.2) is 0 Å². The van der Waals surface area contributed by atoms with Crippen LogP contribution in [0.3, 0.4) is 0 Å². The number of hydrogen-bond acceptors (Lipinski definition) is 3. The van der Waals surface area contributed by atoms with E-state index in [0.717, 1.165) is 25.7 Å². The molecule has 0 aliphatic heterocycles. The maximum atomic E-state index is 7.65. The first-order chi connectivity index (χ1) is 8.49. The molecular weight excluding hydrogens is 312 g/mol. The largest absolute Gasteiger partial charge is 0.384 e. The Morgan fingerprint density at radius 2 is 2.22 bits per heavy atom. The van der Waals surface area contributed by atoms with Crippen LogP contribution in [0, 0.1) is 12.3 Å². The fourth-order valence-electron chi connectivity index (χ4n) is 1.65. The second-order valence-corrected chi connectivity index (χ2v) is 5.79. The lowest BCUT2D eigenvalue weighted by molar-refractivity contribution is 0.692. The zero-order chi connectivity index (χ0) is 13.3. The van der Waals surface area contributed by atoms with Gasteiger partial charge in [-0.25, -0.2) is 0 Å². The normalized spacial score (nSPS) is 10.6. The van der Waals surface area contributed by atoms with Crippen LogP contribution in [0.1, 0.15) is 11.3 Å².